The summed E-state index contributed by atoms with van der Waals surface area (Å²) in [5.74, 6) is -0.961. The molecule has 0 aliphatic heterocycles. The first kappa shape index (κ1) is 14.7. The van der Waals surface area contributed by atoms with Crippen molar-refractivity contribution in [3.8, 4) is 0 Å². The van der Waals surface area contributed by atoms with Gasteiger partial charge in [0.2, 0.25) is 0 Å². The van der Waals surface area contributed by atoms with E-state index in [0.29, 0.717) is 24.4 Å². The number of amides is 2. The Kier molecular flexibility index (Phi) is 4.49. The first-order valence-corrected chi connectivity index (χ1v) is 6.93. The Morgan fingerprint density at radius 1 is 1.20 bits per heavy atom. The van der Waals surface area contributed by atoms with Crippen molar-refractivity contribution in [1.29, 1.82) is 0 Å². The number of urea groups is 1. The van der Waals surface area contributed by atoms with Crippen molar-refractivity contribution < 1.29 is 14.7 Å². The van der Waals surface area contributed by atoms with Gasteiger partial charge in [0.1, 0.15) is 5.54 Å². The Morgan fingerprint density at radius 3 is 2.35 bits per heavy atom. The summed E-state index contributed by atoms with van der Waals surface area (Å²) in [7, 11) is 0. The number of halogens is 1. The Morgan fingerprint density at radius 2 is 1.80 bits per heavy atom. The molecule has 0 spiro atoms. The molecule has 1 fully saturated rings. The average Bonchev–Trinajstić information content (AvgIpc) is 2.88. The van der Waals surface area contributed by atoms with Crippen LogP contribution in [0.1, 0.15) is 31.2 Å². The predicted octanol–water partition coefficient (Wildman–Crippen LogP) is 2.54. The summed E-state index contributed by atoms with van der Waals surface area (Å²) in [5, 5.41) is 15.2. The highest BCUT2D eigenvalue weighted by Gasteiger charge is 2.42. The van der Waals surface area contributed by atoms with Gasteiger partial charge in [-0.05, 0) is 30.5 Å². The van der Waals surface area contributed by atoms with E-state index in [1.54, 1.807) is 12.1 Å². The monoisotopic (exact) mass is 296 g/mol. The smallest absolute Gasteiger partial charge is 0.329 e. The summed E-state index contributed by atoms with van der Waals surface area (Å²) in [4.78, 5) is 23.2. The van der Waals surface area contributed by atoms with Gasteiger partial charge >= 0.3 is 12.0 Å². The van der Waals surface area contributed by atoms with Crippen molar-refractivity contribution in [2.75, 3.05) is 0 Å². The van der Waals surface area contributed by atoms with E-state index in [1.807, 2.05) is 12.1 Å². The highest BCUT2D eigenvalue weighted by molar-refractivity contribution is 6.30. The van der Waals surface area contributed by atoms with E-state index in [4.69, 9.17) is 11.6 Å². The molecule has 108 valence electrons. The van der Waals surface area contributed by atoms with Gasteiger partial charge in [-0.25, -0.2) is 9.59 Å². The maximum absolute atomic E-state index is 11.8. The van der Waals surface area contributed by atoms with E-state index in [-0.39, 0.29) is 0 Å². The SMILES string of the molecule is O=C(NCc1ccc(Cl)cc1)NC1(C(=O)O)CCCC1. The molecule has 1 aromatic rings. The van der Waals surface area contributed by atoms with Gasteiger partial charge in [-0.2, -0.15) is 0 Å². The molecule has 2 amide bonds. The second kappa shape index (κ2) is 6.13. The summed E-state index contributed by atoms with van der Waals surface area (Å²) >= 11 is 5.78. The van der Waals surface area contributed by atoms with E-state index >= 15 is 0 Å². The fourth-order valence-electron chi connectivity index (χ4n) is 2.42. The molecule has 6 heteroatoms. The molecule has 0 bridgehead atoms. The summed E-state index contributed by atoms with van der Waals surface area (Å²) in [6.45, 7) is 0.332. The fourth-order valence-corrected chi connectivity index (χ4v) is 2.54. The van der Waals surface area contributed by atoms with Gasteiger partial charge < -0.3 is 15.7 Å². The Labute approximate surface area is 122 Å². The zero-order valence-corrected chi connectivity index (χ0v) is 11.7. The minimum absolute atomic E-state index is 0.332. The maximum Gasteiger partial charge on any atom is 0.329 e. The van der Waals surface area contributed by atoms with Crippen molar-refractivity contribution in [2.45, 2.75) is 37.8 Å². The molecular weight excluding hydrogens is 280 g/mol. The third kappa shape index (κ3) is 3.42. The van der Waals surface area contributed by atoms with Gasteiger partial charge in [-0.1, -0.05) is 36.6 Å². The van der Waals surface area contributed by atoms with Crippen LogP contribution in [0, 0.1) is 0 Å². The van der Waals surface area contributed by atoms with Gasteiger partial charge in [0.05, 0.1) is 0 Å². The Bertz CT molecular complexity index is 496. The van der Waals surface area contributed by atoms with Crippen LogP contribution in [0.3, 0.4) is 0 Å². The van der Waals surface area contributed by atoms with Crippen LogP contribution in [-0.4, -0.2) is 22.6 Å². The van der Waals surface area contributed by atoms with E-state index in [0.717, 1.165) is 18.4 Å². The topological polar surface area (TPSA) is 78.4 Å². The van der Waals surface area contributed by atoms with Gasteiger partial charge in [0, 0.05) is 11.6 Å². The Balaban J connectivity index is 1.89. The summed E-state index contributed by atoms with van der Waals surface area (Å²) in [6, 6.07) is 6.65. The number of carbonyl (C=O) groups excluding carboxylic acids is 1. The van der Waals surface area contributed by atoms with Gasteiger partial charge in [-0.15, -0.1) is 0 Å². The van der Waals surface area contributed by atoms with Crippen LogP contribution in [0.25, 0.3) is 0 Å². The standard InChI is InChI=1S/C14H17ClN2O3/c15-11-5-3-10(4-6-11)9-16-13(20)17-14(12(18)19)7-1-2-8-14/h3-6H,1-2,7-9H2,(H,18,19)(H2,16,17,20). The third-order valence-corrected chi connectivity index (χ3v) is 3.84. The molecule has 3 N–H and O–H groups in total. The first-order valence-electron chi connectivity index (χ1n) is 6.56. The minimum Gasteiger partial charge on any atom is -0.480 e. The van der Waals surface area contributed by atoms with Gasteiger partial charge in [0.25, 0.3) is 0 Å². The number of carboxylic acid groups (broad SMARTS) is 1. The molecule has 0 heterocycles. The van der Waals surface area contributed by atoms with E-state index < -0.39 is 17.5 Å². The number of nitrogens with one attached hydrogen (secondary N) is 2. The van der Waals surface area contributed by atoms with E-state index in [2.05, 4.69) is 10.6 Å². The van der Waals surface area contributed by atoms with Crippen molar-refractivity contribution in [2.24, 2.45) is 0 Å². The third-order valence-electron chi connectivity index (χ3n) is 3.59. The number of carboxylic acids is 1. The van der Waals surface area contributed by atoms with Crippen molar-refractivity contribution >= 4 is 23.6 Å². The molecule has 0 saturated heterocycles. The molecular formula is C14H17ClN2O3. The molecule has 0 atom stereocenters. The fraction of sp³-hybridized carbons (Fsp3) is 0.429. The van der Waals surface area contributed by atoms with Crippen LogP contribution in [0.2, 0.25) is 5.02 Å². The molecule has 1 saturated carbocycles. The zero-order chi connectivity index (χ0) is 14.6. The molecule has 5 nitrogen and oxygen atoms in total. The molecule has 2 rings (SSSR count). The molecule has 1 aliphatic carbocycles. The molecule has 1 aliphatic rings. The quantitative estimate of drug-likeness (QED) is 0.799. The van der Waals surface area contributed by atoms with Crippen LogP contribution >= 0.6 is 11.6 Å². The largest absolute Gasteiger partial charge is 0.480 e. The van der Waals surface area contributed by atoms with Crippen molar-refractivity contribution in [3.05, 3.63) is 34.9 Å². The summed E-state index contributed by atoms with van der Waals surface area (Å²) < 4.78 is 0. The number of aliphatic carboxylic acids is 1. The second-order valence-electron chi connectivity index (χ2n) is 5.03. The van der Waals surface area contributed by atoms with Crippen LogP contribution in [-0.2, 0) is 11.3 Å². The lowest BCUT2D eigenvalue weighted by molar-refractivity contribution is -0.144. The molecule has 20 heavy (non-hydrogen) atoms. The van der Waals surface area contributed by atoms with Crippen LogP contribution < -0.4 is 10.6 Å². The molecule has 0 aromatic heterocycles. The minimum atomic E-state index is -1.11. The van der Waals surface area contributed by atoms with Crippen molar-refractivity contribution in [1.82, 2.24) is 10.6 Å². The number of hydrogen-bond donors (Lipinski definition) is 3. The van der Waals surface area contributed by atoms with Crippen LogP contribution in [0.4, 0.5) is 4.79 Å². The molecule has 1 aromatic carbocycles. The lowest BCUT2D eigenvalue weighted by Gasteiger charge is -2.25. The summed E-state index contributed by atoms with van der Waals surface area (Å²) in [6.07, 6.45) is 2.61. The highest BCUT2D eigenvalue weighted by atomic mass is 35.5. The normalized spacial score (nSPS) is 16.6. The number of rotatable bonds is 4. The number of benzene rings is 1. The average molecular weight is 297 g/mol. The van der Waals surface area contributed by atoms with Crippen LogP contribution in [0.15, 0.2) is 24.3 Å². The van der Waals surface area contributed by atoms with Crippen LogP contribution in [0.5, 0.6) is 0 Å². The summed E-state index contributed by atoms with van der Waals surface area (Å²) in [5.41, 5.74) is -0.204. The van der Waals surface area contributed by atoms with E-state index in [9.17, 15) is 14.7 Å². The maximum atomic E-state index is 11.8. The number of carbonyl (C=O) groups is 2. The lowest BCUT2D eigenvalue weighted by atomic mass is 9.98. The lowest BCUT2D eigenvalue weighted by Crippen LogP contribution is -2.55. The zero-order valence-electron chi connectivity index (χ0n) is 11.0. The molecule has 0 radical (unpaired) electrons. The van der Waals surface area contributed by atoms with Gasteiger partial charge in [0.15, 0.2) is 0 Å². The Hall–Kier alpha value is -1.75. The van der Waals surface area contributed by atoms with Gasteiger partial charge in [-0.3, -0.25) is 0 Å². The molecule has 0 unspecified atom stereocenters. The second-order valence-corrected chi connectivity index (χ2v) is 5.46. The first-order chi connectivity index (χ1) is 9.52. The number of hydrogen-bond acceptors (Lipinski definition) is 2. The highest BCUT2D eigenvalue weighted by Crippen LogP contribution is 2.29. The predicted molar refractivity (Wildman–Crippen MR) is 75.7 cm³/mol. The van der Waals surface area contributed by atoms with Crippen molar-refractivity contribution in [3.63, 3.8) is 0 Å². The van der Waals surface area contributed by atoms with E-state index in [1.165, 1.54) is 0 Å².